The summed E-state index contributed by atoms with van der Waals surface area (Å²) in [7, 11) is 0. The Bertz CT molecular complexity index is 590. The molecule has 20 heavy (non-hydrogen) atoms. The summed E-state index contributed by atoms with van der Waals surface area (Å²) in [5.41, 5.74) is 2.01. The highest BCUT2D eigenvalue weighted by Crippen LogP contribution is 2.19. The van der Waals surface area contributed by atoms with Gasteiger partial charge in [-0.15, -0.1) is 0 Å². The molecule has 1 unspecified atom stereocenters. The molecule has 1 aliphatic rings. The number of hydrogen-bond donors (Lipinski definition) is 0. The third kappa shape index (κ3) is 3.52. The van der Waals surface area contributed by atoms with Crippen molar-refractivity contribution in [2.45, 2.75) is 13.8 Å². The number of nitrogens with zero attached hydrogens (tertiary/aromatic N) is 1. The van der Waals surface area contributed by atoms with Gasteiger partial charge in [0.05, 0.1) is 12.5 Å². The zero-order chi connectivity index (χ0) is 14.4. The smallest absolute Gasteiger partial charge is 0.417 e. The maximum atomic E-state index is 11.6. The monoisotopic (exact) mass is 267 g/mol. The number of amides is 1. The second-order valence-electron chi connectivity index (χ2n) is 4.43. The lowest BCUT2D eigenvalue weighted by Gasteiger charge is -2.20. The Hall–Kier alpha value is -2.47. The van der Waals surface area contributed by atoms with Gasteiger partial charge in [0.1, 0.15) is 0 Å². The Labute approximate surface area is 119 Å². The fourth-order valence-corrected chi connectivity index (χ4v) is 1.83. The van der Waals surface area contributed by atoms with E-state index in [-0.39, 0.29) is 12.0 Å². The van der Waals surface area contributed by atoms with Crippen molar-refractivity contribution in [2.24, 2.45) is 5.92 Å². The summed E-state index contributed by atoms with van der Waals surface area (Å²) in [5.74, 6) is 6.36. The van der Waals surface area contributed by atoms with Crippen LogP contribution in [0.2, 0.25) is 0 Å². The molecule has 0 spiro atoms. The van der Waals surface area contributed by atoms with Gasteiger partial charge >= 0.3 is 6.09 Å². The van der Waals surface area contributed by atoms with Crippen LogP contribution in [0.25, 0.3) is 0 Å². The highest BCUT2D eigenvalue weighted by Gasteiger charge is 2.16. The van der Waals surface area contributed by atoms with E-state index in [1.54, 1.807) is 19.3 Å². The summed E-state index contributed by atoms with van der Waals surface area (Å²) < 4.78 is 4.95. The molecule has 0 N–H and O–H groups in total. The molecule has 0 radical (unpaired) electrons. The lowest BCUT2D eigenvalue weighted by atomic mass is 9.99. The van der Waals surface area contributed by atoms with Crippen molar-refractivity contribution in [2.75, 3.05) is 6.61 Å². The van der Waals surface area contributed by atoms with Gasteiger partial charge in [0.15, 0.2) is 0 Å². The second-order valence-corrected chi connectivity index (χ2v) is 4.43. The predicted molar refractivity (Wildman–Crippen MR) is 78.6 cm³/mol. The zero-order valence-electron chi connectivity index (χ0n) is 11.7. The Balaban J connectivity index is 2.07. The van der Waals surface area contributed by atoms with E-state index in [1.165, 1.54) is 4.90 Å². The van der Waals surface area contributed by atoms with E-state index in [2.05, 4.69) is 11.8 Å². The van der Waals surface area contributed by atoms with E-state index in [0.717, 1.165) is 11.1 Å². The van der Waals surface area contributed by atoms with Gasteiger partial charge in [-0.2, -0.15) is 0 Å². The third-order valence-electron chi connectivity index (χ3n) is 2.90. The fraction of sp³-hybridized carbons (Fsp3) is 0.235. The van der Waals surface area contributed by atoms with Gasteiger partial charge in [0.2, 0.25) is 0 Å². The molecule has 3 nitrogen and oxygen atoms in total. The minimum absolute atomic E-state index is 0.0286. The lowest BCUT2D eigenvalue weighted by molar-refractivity contribution is 0.132. The molecule has 3 heteroatoms. The number of carbonyl (C=O) groups excluding carboxylic acids is 1. The van der Waals surface area contributed by atoms with Crippen LogP contribution in [0.15, 0.2) is 54.4 Å². The minimum atomic E-state index is -0.363. The maximum Gasteiger partial charge on any atom is 0.417 e. The van der Waals surface area contributed by atoms with Gasteiger partial charge < -0.3 is 4.74 Å². The number of carbonyl (C=O) groups is 1. The van der Waals surface area contributed by atoms with Crippen molar-refractivity contribution in [3.8, 4) is 11.8 Å². The molecule has 0 aliphatic carbocycles. The fourth-order valence-electron chi connectivity index (χ4n) is 1.83. The van der Waals surface area contributed by atoms with E-state index >= 15 is 0 Å². The SMILES string of the molecule is CCOC(=O)N1C=CC(C#Cc2ccccc2)C(C)=C1. The summed E-state index contributed by atoms with van der Waals surface area (Å²) in [5, 5.41) is 0. The summed E-state index contributed by atoms with van der Waals surface area (Å²) in [6.07, 6.45) is 5.01. The highest BCUT2D eigenvalue weighted by molar-refractivity contribution is 5.70. The van der Waals surface area contributed by atoms with Crippen molar-refractivity contribution in [3.05, 3.63) is 59.9 Å². The Morgan fingerprint density at radius 1 is 1.35 bits per heavy atom. The summed E-state index contributed by atoms with van der Waals surface area (Å²) in [4.78, 5) is 13.0. The molecule has 1 amide bonds. The highest BCUT2D eigenvalue weighted by atomic mass is 16.5. The van der Waals surface area contributed by atoms with Gasteiger partial charge in [0.25, 0.3) is 0 Å². The number of ether oxygens (including phenoxy) is 1. The average molecular weight is 267 g/mol. The molecule has 0 fully saturated rings. The first kappa shape index (κ1) is 14.0. The molecule has 102 valence electrons. The number of hydrogen-bond acceptors (Lipinski definition) is 2. The molecule has 1 heterocycles. The van der Waals surface area contributed by atoms with Crippen molar-refractivity contribution >= 4 is 6.09 Å². The van der Waals surface area contributed by atoms with E-state index in [1.807, 2.05) is 43.3 Å². The molecule has 0 saturated heterocycles. The maximum absolute atomic E-state index is 11.6. The van der Waals surface area contributed by atoms with Gasteiger partial charge in [-0.3, -0.25) is 4.90 Å². The summed E-state index contributed by atoms with van der Waals surface area (Å²) in [6, 6.07) is 9.85. The first-order chi connectivity index (χ1) is 9.70. The predicted octanol–water partition coefficient (Wildman–Crippen LogP) is 3.54. The van der Waals surface area contributed by atoms with Crippen LogP contribution in [-0.2, 0) is 4.74 Å². The van der Waals surface area contributed by atoms with Crippen molar-refractivity contribution in [3.63, 3.8) is 0 Å². The van der Waals surface area contributed by atoms with Crippen LogP contribution >= 0.6 is 0 Å². The van der Waals surface area contributed by atoms with Crippen molar-refractivity contribution in [1.82, 2.24) is 4.90 Å². The van der Waals surface area contributed by atoms with Crippen LogP contribution < -0.4 is 0 Å². The van der Waals surface area contributed by atoms with E-state index in [4.69, 9.17) is 4.74 Å². The van der Waals surface area contributed by atoms with Gasteiger partial charge in [-0.25, -0.2) is 4.79 Å². The van der Waals surface area contributed by atoms with Gasteiger partial charge in [-0.05, 0) is 37.6 Å². The summed E-state index contributed by atoms with van der Waals surface area (Å²) in [6.45, 7) is 4.11. The standard InChI is InChI=1S/C17H17NO2/c1-3-20-17(19)18-12-11-16(14(2)13-18)10-9-15-7-5-4-6-8-15/h4-8,11-13,16H,3H2,1-2H3. The van der Waals surface area contributed by atoms with Crippen LogP contribution in [0.4, 0.5) is 4.79 Å². The molecule has 0 aromatic heterocycles. The van der Waals surface area contributed by atoms with Gasteiger partial charge in [0, 0.05) is 18.0 Å². The summed E-state index contributed by atoms with van der Waals surface area (Å²) >= 11 is 0. The quantitative estimate of drug-likeness (QED) is 0.728. The van der Waals surface area contributed by atoms with Crippen LogP contribution in [0.5, 0.6) is 0 Å². The van der Waals surface area contributed by atoms with Crippen LogP contribution in [0.3, 0.4) is 0 Å². The molecule has 1 aromatic rings. The molecular formula is C17H17NO2. The zero-order valence-corrected chi connectivity index (χ0v) is 11.7. The van der Waals surface area contributed by atoms with E-state index < -0.39 is 0 Å². The molecule has 1 aliphatic heterocycles. The Morgan fingerprint density at radius 3 is 2.75 bits per heavy atom. The Morgan fingerprint density at radius 2 is 2.10 bits per heavy atom. The molecular weight excluding hydrogens is 250 g/mol. The number of benzene rings is 1. The van der Waals surface area contributed by atoms with Crippen molar-refractivity contribution < 1.29 is 9.53 Å². The topological polar surface area (TPSA) is 29.5 Å². The Kier molecular flexibility index (Phi) is 4.62. The molecule has 1 atom stereocenters. The first-order valence-corrected chi connectivity index (χ1v) is 6.59. The molecule has 0 saturated carbocycles. The largest absolute Gasteiger partial charge is 0.449 e. The minimum Gasteiger partial charge on any atom is -0.449 e. The average Bonchev–Trinajstić information content (AvgIpc) is 2.47. The van der Waals surface area contributed by atoms with Crippen molar-refractivity contribution in [1.29, 1.82) is 0 Å². The molecule has 1 aromatic carbocycles. The second kappa shape index (κ2) is 6.63. The molecule has 2 rings (SSSR count). The number of allylic oxidation sites excluding steroid dienone is 2. The van der Waals surface area contributed by atoms with Crippen LogP contribution in [-0.4, -0.2) is 17.6 Å². The van der Waals surface area contributed by atoms with Gasteiger partial charge in [-0.1, -0.05) is 30.0 Å². The molecule has 0 bridgehead atoms. The number of rotatable bonds is 1. The lowest BCUT2D eigenvalue weighted by Crippen LogP contribution is -2.24. The van der Waals surface area contributed by atoms with Crippen LogP contribution in [0, 0.1) is 17.8 Å². The van der Waals surface area contributed by atoms with Crippen LogP contribution in [0.1, 0.15) is 19.4 Å². The van der Waals surface area contributed by atoms with E-state index in [9.17, 15) is 4.79 Å². The third-order valence-corrected chi connectivity index (χ3v) is 2.90. The first-order valence-electron chi connectivity index (χ1n) is 6.59. The van der Waals surface area contributed by atoms with E-state index in [0.29, 0.717) is 6.61 Å². The normalized spacial score (nSPS) is 17.0.